The molecule has 0 atom stereocenters. The predicted octanol–water partition coefficient (Wildman–Crippen LogP) is 3.05. The van der Waals surface area contributed by atoms with Crippen LogP contribution in [0.2, 0.25) is 0 Å². The van der Waals surface area contributed by atoms with Crippen molar-refractivity contribution in [2.24, 2.45) is 0 Å². The second-order valence-electron chi connectivity index (χ2n) is 3.96. The lowest BCUT2D eigenvalue weighted by Crippen LogP contribution is -2.37. The Labute approximate surface area is 77.1 Å². The van der Waals surface area contributed by atoms with Crippen molar-refractivity contribution in [2.45, 2.75) is 51.9 Å². The van der Waals surface area contributed by atoms with Crippen LogP contribution in [0.15, 0.2) is 0 Å². The van der Waals surface area contributed by atoms with Crippen LogP contribution < -0.4 is 0 Å². The van der Waals surface area contributed by atoms with Crippen LogP contribution in [0.25, 0.3) is 0 Å². The van der Waals surface area contributed by atoms with E-state index in [1.54, 1.807) is 0 Å². The minimum atomic E-state index is 1.37. The summed E-state index contributed by atoms with van der Waals surface area (Å²) in [5.41, 5.74) is 0. The first-order chi connectivity index (χ1) is 5.93. The fraction of sp³-hybridized carbons (Fsp3) is 1.00. The van der Waals surface area contributed by atoms with Crippen LogP contribution in [0.5, 0.6) is 0 Å². The molecule has 0 aromatic rings. The summed E-state index contributed by atoms with van der Waals surface area (Å²) in [5.74, 6) is 0. The average Bonchev–Trinajstić information content (AvgIpc) is 2.00. The van der Waals surface area contributed by atoms with E-state index in [0.717, 1.165) is 0 Å². The quantitative estimate of drug-likeness (QED) is 0.529. The van der Waals surface area contributed by atoms with Crippen LogP contribution in [0.1, 0.15) is 51.9 Å². The highest BCUT2D eigenvalue weighted by Gasteiger charge is 2.11. The summed E-state index contributed by atoms with van der Waals surface area (Å²) in [6, 6.07) is 0. The molecule has 1 rings (SSSR count). The third-order valence-electron chi connectivity index (χ3n) is 2.78. The summed E-state index contributed by atoms with van der Waals surface area (Å²) in [6.45, 7) is 6.39. The van der Waals surface area contributed by atoms with Crippen LogP contribution >= 0.6 is 0 Å². The Morgan fingerprint density at radius 1 is 0.917 bits per heavy atom. The van der Waals surface area contributed by atoms with Crippen molar-refractivity contribution in [1.29, 1.82) is 0 Å². The first-order valence-electron chi connectivity index (χ1n) is 5.66. The molecule has 1 aliphatic heterocycles. The van der Waals surface area contributed by atoms with Gasteiger partial charge in [0.05, 0.1) is 0 Å². The monoisotopic (exact) mass is 169 g/mol. The lowest BCUT2D eigenvalue weighted by Gasteiger charge is -2.30. The van der Waals surface area contributed by atoms with E-state index in [0.29, 0.717) is 0 Å². The van der Waals surface area contributed by atoms with Crippen molar-refractivity contribution in [1.82, 2.24) is 4.90 Å². The van der Waals surface area contributed by atoms with Crippen LogP contribution in [0, 0.1) is 0 Å². The van der Waals surface area contributed by atoms with Crippen molar-refractivity contribution < 1.29 is 0 Å². The molecule has 0 aromatic heterocycles. The van der Waals surface area contributed by atoms with Gasteiger partial charge in [0, 0.05) is 0 Å². The number of nitrogens with zero attached hydrogens (tertiary/aromatic N) is 1. The zero-order valence-electron chi connectivity index (χ0n) is 8.52. The molecule has 0 bridgehead atoms. The molecule has 0 aromatic carbocycles. The largest absolute Gasteiger partial charge is 0.303 e. The maximum absolute atomic E-state index is 2.57. The molecule has 1 aliphatic rings. The zero-order valence-corrected chi connectivity index (χ0v) is 8.52. The minimum absolute atomic E-state index is 1.37. The van der Waals surface area contributed by atoms with Crippen LogP contribution in [0.3, 0.4) is 0 Å². The Morgan fingerprint density at radius 3 is 2.17 bits per heavy atom. The van der Waals surface area contributed by atoms with Crippen LogP contribution in [0.4, 0.5) is 0 Å². The van der Waals surface area contributed by atoms with E-state index in [2.05, 4.69) is 11.8 Å². The lowest BCUT2D eigenvalue weighted by molar-refractivity contribution is 0.177. The van der Waals surface area contributed by atoms with Gasteiger partial charge in [-0.3, -0.25) is 0 Å². The Morgan fingerprint density at radius 2 is 1.58 bits per heavy atom. The van der Waals surface area contributed by atoms with Gasteiger partial charge in [-0.05, 0) is 32.5 Å². The van der Waals surface area contributed by atoms with Crippen molar-refractivity contribution in [3.8, 4) is 0 Å². The summed E-state index contributed by atoms with van der Waals surface area (Å²) >= 11 is 0. The van der Waals surface area contributed by atoms with Crippen molar-refractivity contribution in [2.75, 3.05) is 19.6 Å². The standard InChI is InChI=1S/C11H23N/c1-2-3-4-5-6-7-9-12-10-8-11-12/h2-11H2,1H3. The van der Waals surface area contributed by atoms with E-state index in [1.165, 1.54) is 64.6 Å². The number of unbranched alkanes of at least 4 members (excludes halogenated alkanes) is 5. The average molecular weight is 169 g/mol. The van der Waals surface area contributed by atoms with E-state index < -0.39 is 0 Å². The molecule has 0 amide bonds. The molecular weight excluding hydrogens is 146 g/mol. The summed E-state index contributed by atoms with van der Waals surface area (Å²) in [6.07, 6.45) is 10.0. The Balaban J connectivity index is 1.70. The fourth-order valence-corrected chi connectivity index (χ4v) is 1.72. The number of hydrogen-bond donors (Lipinski definition) is 0. The summed E-state index contributed by atoms with van der Waals surface area (Å²) < 4.78 is 0. The molecule has 1 heteroatoms. The molecule has 1 fully saturated rings. The highest BCUT2D eigenvalue weighted by Crippen LogP contribution is 2.09. The third-order valence-corrected chi connectivity index (χ3v) is 2.78. The Hall–Kier alpha value is -0.0400. The summed E-state index contributed by atoms with van der Waals surface area (Å²) in [5, 5.41) is 0. The van der Waals surface area contributed by atoms with Crippen molar-refractivity contribution in [3.05, 3.63) is 0 Å². The Bertz CT molecular complexity index is 97.2. The van der Waals surface area contributed by atoms with E-state index in [9.17, 15) is 0 Å². The second kappa shape index (κ2) is 6.47. The van der Waals surface area contributed by atoms with Crippen LogP contribution in [-0.4, -0.2) is 24.5 Å². The molecule has 12 heavy (non-hydrogen) atoms. The van der Waals surface area contributed by atoms with Gasteiger partial charge in [0.15, 0.2) is 0 Å². The second-order valence-corrected chi connectivity index (χ2v) is 3.96. The highest BCUT2D eigenvalue weighted by molar-refractivity contribution is 4.67. The molecule has 1 nitrogen and oxygen atoms in total. The van der Waals surface area contributed by atoms with E-state index in [4.69, 9.17) is 0 Å². The molecule has 0 aliphatic carbocycles. The molecule has 0 unspecified atom stereocenters. The summed E-state index contributed by atoms with van der Waals surface area (Å²) in [4.78, 5) is 2.57. The SMILES string of the molecule is CCCCCCCCN1CCC1. The lowest BCUT2D eigenvalue weighted by atomic mass is 10.1. The van der Waals surface area contributed by atoms with Gasteiger partial charge in [-0.25, -0.2) is 0 Å². The first kappa shape index (κ1) is 10.0. The molecular formula is C11H23N. The van der Waals surface area contributed by atoms with E-state index in [-0.39, 0.29) is 0 Å². The number of rotatable bonds is 7. The predicted molar refractivity (Wildman–Crippen MR) is 54.4 cm³/mol. The van der Waals surface area contributed by atoms with Gasteiger partial charge in [-0.2, -0.15) is 0 Å². The maximum atomic E-state index is 2.57. The fourth-order valence-electron chi connectivity index (χ4n) is 1.72. The molecule has 1 heterocycles. The van der Waals surface area contributed by atoms with Gasteiger partial charge < -0.3 is 4.90 Å². The van der Waals surface area contributed by atoms with Crippen molar-refractivity contribution in [3.63, 3.8) is 0 Å². The molecule has 0 saturated carbocycles. The normalized spacial score (nSPS) is 17.8. The van der Waals surface area contributed by atoms with Crippen molar-refractivity contribution >= 4 is 0 Å². The topological polar surface area (TPSA) is 3.24 Å². The third kappa shape index (κ3) is 4.10. The zero-order chi connectivity index (χ0) is 8.65. The van der Waals surface area contributed by atoms with Gasteiger partial charge in [0.2, 0.25) is 0 Å². The smallest absolute Gasteiger partial charge is 0.000654 e. The highest BCUT2D eigenvalue weighted by atomic mass is 15.2. The van der Waals surface area contributed by atoms with Gasteiger partial charge >= 0.3 is 0 Å². The van der Waals surface area contributed by atoms with Crippen LogP contribution in [-0.2, 0) is 0 Å². The van der Waals surface area contributed by atoms with E-state index in [1.807, 2.05) is 0 Å². The Kier molecular flexibility index (Phi) is 5.42. The van der Waals surface area contributed by atoms with E-state index >= 15 is 0 Å². The molecule has 0 radical (unpaired) electrons. The van der Waals surface area contributed by atoms with Gasteiger partial charge in [-0.1, -0.05) is 39.0 Å². The molecule has 0 spiro atoms. The minimum Gasteiger partial charge on any atom is -0.303 e. The first-order valence-corrected chi connectivity index (χ1v) is 5.66. The van der Waals surface area contributed by atoms with Gasteiger partial charge in [-0.15, -0.1) is 0 Å². The molecule has 0 N–H and O–H groups in total. The molecule has 72 valence electrons. The number of hydrogen-bond acceptors (Lipinski definition) is 1. The molecule has 1 saturated heterocycles. The number of likely N-dealkylation sites (tertiary alicyclic amines) is 1. The van der Waals surface area contributed by atoms with Gasteiger partial charge in [0.25, 0.3) is 0 Å². The van der Waals surface area contributed by atoms with Gasteiger partial charge in [0.1, 0.15) is 0 Å². The summed E-state index contributed by atoms with van der Waals surface area (Å²) in [7, 11) is 0. The maximum Gasteiger partial charge on any atom is -0.000654 e.